The third-order valence-electron chi connectivity index (χ3n) is 2.83. The van der Waals surface area contributed by atoms with Crippen molar-refractivity contribution >= 4 is 9.84 Å². The van der Waals surface area contributed by atoms with Crippen LogP contribution in [0.5, 0.6) is 0 Å². The number of halogens is 1. The molecule has 1 aromatic rings. The Balaban J connectivity index is 2.39. The first kappa shape index (κ1) is 12.5. The minimum Gasteiger partial charge on any atom is -0.379 e. The minimum atomic E-state index is -3.62. The monoisotopic (exact) mass is 259 g/mol. The van der Waals surface area contributed by atoms with Crippen molar-refractivity contribution in [3.05, 3.63) is 29.6 Å². The summed E-state index contributed by atoms with van der Waals surface area (Å²) in [6, 6.07) is 3.67. The van der Waals surface area contributed by atoms with Crippen LogP contribution in [0.1, 0.15) is 18.5 Å². The molecule has 0 bridgehead atoms. The average molecular weight is 259 g/mol. The van der Waals surface area contributed by atoms with Gasteiger partial charge in [-0.15, -0.1) is 0 Å². The van der Waals surface area contributed by atoms with Gasteiger partial charge in [-0.05, 0) is 24.6 Å². The van der Waals surface area contributed by atoms with Gasteiger partial charge < -0.3 is 10.5 Å². The molecular weight excluding hydrogens is 245 g/mol. The minimum absolute atomic E-state index is 0.136. The van der Waals surface area contributed by atoms with Crippen molar-refractivity contribution in [2.45, 2.75) is 23.1 Å². The second kappa shape index (κ2) is 4.36. The molecule has 6 heteroatoms. The van der Waals surface area contributed by atoms with Gasteiger partial charge in [0.1, 0.15) is 16.0 Å². The molecule has 1 aliphatic heterocycles. The Morgan fingerprint density at radius 2 is 2.12 bits per heavy atom. The summed E-state index contributed by atoms with van der Waals surface area (Å²) in [5.41, 5.74) is 6.18. The summed E-state index contributed by atoms with van der Waals surface area (Å²) in [7, 11) is -3.62. The fourth-order valence-electron chi connectivity index (χ4n) is 1.60. The van der Waals surface area contributed by atoms with Gasteiger partial charge in [0.15, 0.2) is 9.84 Å². The van der Waals surface area contributed by atoms with Crippen molar-refractivity contribution in [3.63, 3.8) is 0 Å². The van der Waals surface area contributed by atoms with Crippen molar-refractivity contribution < 1.29 is 17.5 Å². The highest BCUT2D eigenvalue weighted by Crippen LogP contribution is 2.25. The van der Waals surface area contributed by atoms with E-state index in [0.717, 1.165) is 0 Å². The van der Waals surface area contributed by atoms with E-state index in [1.54, 1.807) is 13.0 Å². The fourth-order valence-corrected chi connectivity index (χ4v) is 3.10. The van der Waals surface area contributed by atoms with E-state index in [2.05, 4.69) is 0 Å². The van der Waals surface area contributed by atoms with Crippen molar-refractivity contribution in [3.8, 4) is 0 Å². The van der Waals surface area contributed by atoms with Crippen molar-refractivity contribution in [1.29, 1.82) is 0 Å². The van der Waals surface area contributed by atoms with Crippen LogP contribution in [0.15, 0.2) is 23.1 Å². The van der Waals surface area contributed by atoms with Gasteiger partial charge in [0.25, 0.3) is 0 Å². The highest BCUT2D eigenvalue weighted by Gasteiger charge is 2.35. The smallest absolute Gasteiger partial charge is 0.188 e. The van der Waals surface area contributed by atoms with E-state index in [1.807, 2.05) is 0 Å². The summed E-state index contributed by atoms with van der Waals surface area (Å²) in [5, 5.41) is -0.627. The Morgan fingerprint density at radius 3 is 2.53 bits per heavy atom. The van der Waals surface area contributed by atoms with Crippen molar-refractivity contribution in [1.82, 2.24) is 0 Å². The van der Waals surface area contributed by atoms with Gasteiger partial charge in [0, 0.05) is 6.04 Å². The van der Waals surface area contributed by atoms with Gasteiger partial charge in [-0.3, -0.25) is 0 Å². The van der Waals surface area contributed by atoms with Crippen LogP contribution in [-0.2, 0) is 14.6 Å². The number of sulfone groups is 1. The van der Waals surface area contributed by atoms with Crippen molar-refractivity contribution in [2.24, 2.45) is 5.73 Å². The molecule has 1 aliphatic rings. The second-order valence-electron chi connectivity index (χ2n) is 4.18. The standard InChI is InChI=1S/C11H14FNO3S/c1-7(13)8-2-3-11(10(12)4-8)17(14,15)9-5-16-6-9/h2-4,7,9H,5-6,13H2,1H3. The number of rotatable bonds is 3. The molecule has 4 nitrogen and oxygen atoms in total. The molecular formula is C11H14FNO3S. The zero-order chi connectivity index (χ0) is 12.6. The summed E-state index contributed by atoms with van der Waals surface area (Å²) in [4.78, 5) is -0.268. The van der Waals surface area contributed by atoms with Crippen molar-refractivity contribution in [2.75, 3.05) is 13.2 Å². The first-order valence-corrected chi connectivity index (χ1v) is 6.84. The summed E-state index contributed by atoms with van der Waals surface area (Å²) in [5.74, 6) is -0.744. The van der Waals surface area contributed by atoms with Crippen LogP contribution in [-0.4, -0.2) is 26.9 Å². The first-order valence-electron chi connectivity index (χ1n) is 5.29. The van der Waals surface area contributed by atoms with E-state index in [4.69, 9.17) is 10.5 Å². The van der Waals surface area contributed by atoms with E-state index < -0.39 is 20.9 Å². The summed E-state index contributed by atoms with van der Waals surface area (Å²) < 4.78 is 42.5. The zero-order valence-electron chi connectivity index (χ0n) is 9.39. The molecule has 1 saturated heterocycles. The van der Waals surface area contributed by atoms with Crippen LogP contribution in [0.4, 0.5) is 4.39 Å². The molecule has 0 spiro atoms. The van der Waals surface area contributed by atoms with Crippen LogP contribution in [0.3, 0.4) is 0 Å². The average Bonchev–Trinajstić information content (AvgIpc) is 2.13. The summed E-state index contributed by atoms with van der Waals surface area (Å²) in [6.45, 7) is 1.98. The molecule has 2 N–H and O–H groups in total. The van der Waals surface area contributed by atoms with Crippen LogP contribution >= 0.6 is 0 Å². The number of benzene rings is 1. The van der Waals surface area contributed by atoms with Crippen LogP contribution in [0.2, 0.25) is 0 Å². The molecule has 1 aromatic carbocycles. The Morgan fingerprint density at radius 1 is 1.47 bits per heavy atom. The third-order valence-corrected chi connectivity index (χ3v) is 4.93. The number of ether oxygens (including phenoxy) is 1. The van der Waals surface area contributed by atoms with Gasteiger partial charge in [-0.25, -0.2) is 12.8 Å². The van der Waals surface area contributed by atoms with E-state index in [1.165, 1.54) is 12.1 Å². The SMILES string of the molecule is CC(N)c1ccc(S(=O)(=O)C2COC2)c(F)c1. The second-order valence-corrected chi connectivity index (χ2v) is 6.38. The fraction of sp³-hybridized carbons (Fsp3) is 0.455. The number of hydrogen-bond donors (Lipinski definition) is 1. The van der Waals surface area contributed by atoms with Crippen LogP contribution in [0, 0.1) is 5.82 Å². The maximum Gasteiger partial charge on any atom is 0.188 e. The van der Waals surface area contributed by atoms with Crippen LogP contribution < -0.4 is 5.73 Å². The molecule has 1 heterocycles. The highest BCUT2D eigenvalue weighted by molar-refractivity contribution is 7.92. The summed E-state index contributed by atoms with van der Waals surface area (Å²) >= 11 is 0. The maximum atomic E-state index is 13.8. The molecule has 1 atom stereocenters. The predicted molar refractivity (Wildman–Crippen MR) is 60.8 cm³/mol. The lowest BCUT2D eigenvalue weighted by molar-refractivity contribution is 0.0415. The number of nitrogens with two attached hydrogens (primary N) is 1. The van der Waals surface area contributed by atoms with Gasteiger partial charge in [0.05, 0.1) is 13.2 Å². The quantitative estimate of drug-likeness (QED) is 0.879. The molecule has 0 radical (unpaired) electrons. The highest BCUT2D eigenvalue weighted by atomic mass is 32.2. The molecule has 0 saturated carbocycles. The molecule has 0 amide bonds. The predicted octanol–water partition coefficient (Wildman–Crippen LogP) is 1.02. The normalized spacial score (nSPS) is 18.8. The molecule has 1 unspecified atom stereocenters. The van der Waals surface area contributed by atoms with Gasteiger partial charge in [0.2, 0.25) is 0 Å². The zero-order valence-corrected chi connectivity index (χ0v) is 10.2. The largest absolute Gasteiger partial charge is 0.379 e. The Hall–Kier alpha value is -0.980. The Labute approximate surface area is 99.5 Å². The molecule has 0 aliphatic carbocycles. The molecule has 1 fully saturated rings. The maximum absolute atomic E-state index is 13.8. The van der Waals surface area contributed by atoms with E-state index in [0.29, 0.717) is 5.56 Å². The Kier molecular flexibility index (Phi) is 3.20. The third kappa shape index (κ3) is 2.20. The van der Waals surface area contributed by atoms with E-state index in [-0.39, 0.29) is 24.2 Å². The summed E-state index contributed by atoms with van der Waals surface area (Å²) in [6.07, 6.45) is 0. The topological polar surface area (TPSA) is 69.4 Å². The lowest BCUT2D eigenvalue weighted by Crippen LogP contribution is -2.41. The first-order chi connectivity index (χ1) is 7.93. The van der Waals surface area contributed by atoms with Crippen LogP contribution in [0.25, 0.3) is 0 Å². The lowest BCUT2D eigenvalue weighted by Gasteiger charge is -2.26. The molecule has 94 valence electrons. The Bertz CT molecular complexity index is 524. The molecule has 2 rings (SSSR count). The lowest BCUT2D eigenvalue weighted by atomic mass is 10.1. The van der Waals surface area contributed by atoms with Gasteiger partial charge in [-0.2, -0.15) is 0 Å². The van der Waals surface area contributed by atoms with E-state index >= 15 is 0 Å². The van der Waals surface area contributed by atoms with Gasteiger partial charge in [-0.1, -0.05) is 6.07 Å². The van der Waals surface area contributed by atoms with E-state index in [9.17, 15) is 12.8 Å². The molecule has 0 aromatic heterocycles. The molecule has 17 heavy (non-hydrogen) atoms. The number of hydrogen-bond acceptors (Lipinski definition) is 4. The van der Waals surface area contributed by atoms with Gasteiger partial charge >= 0.3 is 0 Å².